The first-order valence-electron chi connectivity index (χ1n) is 7.47. The number of hydrogen-bond donors (Lipinski definition) is 2. The first-order valence-corrected chi connectivity index (χ1v) is 7.47. The van der Waals surface area contributed by atoms with E-state index in [2.05, 4.69) is 51.7 Å². The number of hydrogen-bond acceptors (Lipinski definition) is 2. The van der Waals surface area contributed by atoms with Crippen LogP contribution >= 0.6 is 0 Å². The van der Waals surface area contributed by atoms with E-state index in [1.807, 2.05) is 6.92 Å². The van der Waals surface area contributed by atoms with Gasteiger partial charge in [-0.15, -0.1) is 0 Å². The Bertz CT molecular complexity index is 678. The Morgan fingerprint density at radius 1 is 1.29 bits per heavy atom. The first kappa shape index (κ1) is 13.9. The predicted octanol–water partition coefficient (Wildman–Crippen LogP) is 2.07. The molecule has 1 aromatic carbocycles. The van der Waals surface area contributed by atoms with Crippen LogP contribution in [0.25, 0.3) is 10.9 Å². The maximum Gasteiger partial charge on any atom is 0.246 e. The predicted molar refractivity (Wildman–Crippen MR) is 85.1 cm³/mol. The summed E-state index contributed by atoms with van der Waals surface area (Å²) < 4.78 is 2.24. The molecule has 2 N–H and O–H groups in total. The highest BCUT2D eigenvalue weighted by Gasteiger charge is 2.15. The van der Waals surface area contributed by atoms with Crippen molar-refractivity contribution in [1.82, 2.24) is 15.2 Å². The SMILES string of the molecule is CC(C(=O)NCCCn1ccc2ccccc21)=C1CNC1. The van der Waals surface area contributed by atoms with Crippen LogP contribution in [-0.2, 0) is 11.3 Å². The van der Waals surface area contributed by atoms with E-state index in [-0.39, 0.29) is 5.91 Å². The van der Waals surface area contributed by atoms with E-state index < -0.39 is 0 Å². The molecule has 1 aliphatic heterocycles. The molecule has 0 unspecified atom stereocenters. The molecule has 0 spiro atoms. The number of benzene rings is 1. The van der Waals surface area contributed by atoms with Crippen LogP contribution < -0.4 is 10.6 Å². The van der Waals surface area contributed by atoms with E-state index in [1.165, 1.54) is 16.5 Å². The number of para-hydroxylation sites is 1. The van der Waals surface area contributed by atoms with Crippen LogP contribution in [0.3, 0.4) is 0 Å². The summed E-state index contributed by atoms with van der Waals surface area (Å²) in [5.41, 5.74) is 3.35. The monoisotopic (exact) mass is 283 g/mol. The summed E-state index contributed by atoms with van der Waals surface area (Å²) >= 11 is 0. The van der Waals surface area contributed by atoms with E-state index in [1.54, 1.807) is 0 Å². The molecule has 1 amide bonds. The zero-order valence-corrected chi connectivity index (χ0v) is 12.4. The molecule has 1 fully saturated rings. The van der Waals surface area contributed by atoms with E-state index in [4.69, 9.17) is 0 Å². The number of nitrogens with zero attached hydrogens (tertiary/aromatic N) is 1. The fourth-order valence-electron chi connectivity index (χ4n) is 2.60. The number of aromatic nitrogens is 1. The van der Waals surface area contributed by atoms with Crippen molar-refractivity contribution in [2.45, 2.75) is 19.9 Å². The molecule has 4 nitrogen and oxygen atoms in total. The average molecular weight is 283 g/mol. The molecule has 2 aromatic rings. The minimum Gasteiger partial charge on any atom is -0.352 e. The van der Waals surface area contributed by atoms with Gasteiger partial charge in [-0.1, -0.05) is 18.2 Å². The third-order valence-corrected chi connectivity index (χ3v) is 4.09. The normalized spacial score (nSPS) is 14.0. The van der Waals surface area contributed by atoms with Crippen molar-refractivity contribution in [2.24, 2.45) is 0 Å². The van der Waals surface area contributed by atoms with E-state index >= 15 is 0 Å². The average Bonchev–Trinajstić information content (AvgIpc) is 2.85. The van der Waals surface area contributed by atoms with Crippen molar-refractivity contribution in [1.29, 1.82) is 0 Å². The van der Waals surface area contributed by atoms with E-state index in [9.17, 15) is 4.79 Å². The molecule has 0 atom stereocenters. The molecule has 21 heavy (non-hydrogen) atoms. The van der Waals surface area contributed by atoms with Crippen LogP contribution in [-0.4, -0.2) is 30.1 Å². The van der Waals surface area contributed by atoms with Crippen LogP contribution in [0.1, 0.15) is 13.3 Å². The molecule has 1 saturated heterocycles. The molecule has 0 bridgehead atoms. The second-order valence-corrected chi connectivity index (χ2v) is 5.51. The highest BCUT2D eigenvalue weighted by Crippen LogP contribution is 2.15. The van der Waals surface area contributed by atoms with E-state index in [0.717, 1.165) is 31.6 Å². The topological polar surface area (TPSA) is 46.1 Å². The van der Waals surface area contributed by atoms with Crippen LogP contribution in [0, 0.1) is 0 Å². The molecule has 0 radical (unpaired) electrons. The molecule has 3 rings (SSSR count). The molecule has 2 heterocycles. The van der Waals surface area contributed by atoms with Crippen LogP contribution in [0.15, 0.2) is 47.7 Å². The van der Waals surface area contributed by atoms with Gasteiger partial charge in [0.05, 0.1) is 0 Å². The third-order valence-electron chi connectivity index (χ3n) is 4.09. The maximum absolute atomic E-state index is 11.9. The van der Waals surface area contributed by atoms with Crippen molar-refractivity contribution in [3.8, 4) is 0 Å². The second-order valence-electron chi connectivity index (χ2n) is 5.51. The van der Waals surface area contributed by atoms with Gasteiger partial charge in [0.2, 0.25) is 5.91 Å². The van der Waals surface area contributed by atoms with Gasteiger partial charge in [-0.25, -0.2) is 0 Å². The quantitative estimate of drug-likeness (QED) is 0.652. The lowest BCUT2D eigenvalue weighted by Crippen LogP contribution is -2.37. The van der Waals surface area contributed by atoms with Crippen LogP contribution in [0.4, 0.5) is 0 Å². The van der Waals surface area contributed by atoms with Crippen molar-refractivity contribution in [3.05, 3.63) is 47.7 Å². The van der Waals surface area contributed by atoms with Crippen molar-refractivity contribution < 1.29 is 4.79 Å². The molecule has 0 saturated carbocycles. The van der Waals surface area contributed by atoms with Gasteiger partial charge in [0.1, 0.15) is 0 Å². The Morgan fingerprint density at radius 2 is 2.10 bits per heavy atom. The fourth-order valence-corrected chi connectivity index (χ4v) is 2.60. The fraction of sp³-hybridized carbons (Fsp3) is 0.353. The van der Waals surface area contributed by atoms with Crippen molar-refractivity contribution in [2.75, 3.05) is 19.6 Å². The summed E-state index contributed by atoms with van der Waals surface area (Å²) in [6.07, 6.45) is 3.05. The lowest BCUT2D eigenvalue weighted by molar-refractivity contribution is -0.117. The zero-order valence-electron chi connectivity index (χ0n) is 12.4. The van der Waals surface area contributed by atoms with Gasteiger partial charge in [0, 0.05) is 43.5 Å². The molecular weight excluding hydrogens is 262 g/mol. The van der Waals surface area contributed by atoms with Crippen molar-refractivity contribution in [3.63, 3.8) is 0 Å². The van der Waals surface area contributed by atoms with Gasteiger partial charge < -0.3 is 15.2 Å². The lowest BCUT2D eigenvalue weighted by atomic mass is 10.0. The largest absolute Gasteiger partial charge is 0.352 e. The standard InChI is InChI=1S/C17H21N3O/c1-13(15-11-18-12-15)17(21)19-8-4-9-20-10-7-14-5-2-3-6-16(14)20/h2-3,5-7,10,18H,4,8-9,11-12H2,1H3,(H,19,21). The summed E-state index contributed by atoms with van der Waals surface area (Å²) in [6.45, 7) is 5.25. The van der Waals surface area contributed by atoms with Gasteiger partial charge in [0.15, 0.2) is 0 Å². The Morgan fingerprint density at radius 3 is 2.86 bits per heavy atom. The summed E-state index contributed by atoms with van der Waals surface area (Å²) in [4.78, 5) is 11.9. The second kappa shape index (κ2) is 6.14. The van der Waals surface area contributed by atoms with Gasteiger partial charge in [-0.3, -0.25) is 4.79 Å². The summed E-state index contributed by atoms with van der Waals surface area (Å²) in [7, 11) is 0. The van der Waals surface area contributed by atoms with Gasteiger partial charge in [0.25, 0.3) is 0 Å². The number of fused-ring (bicyclic) bond motifs is 1. The molecule has 1 aromatic heterocycles. The number of rotatable bonds is 5. The Hall–Kier alpha value is -2.07. The number of carbonyl (C=O) groups is 1. The van der Waals surface area contributed by atoms with Crippen LogP contribution in [0.5, 0.6) is 0 Å². The van der Waals surface area contributed by atoms with Gasteiger partial charge >= 0.3 is 0 Å². The van der Waals surface area contributed by atoms with Gasteiger partial charge in [-0.2, -0.15) is 0 Å². The summed E-state index contributed by atoms with van der Waals surface area (Å²) in [5.74, 6) is 0.0730. The Balaban J connectivity index is 1.49. The smallest absolute Gasteiger partial charge is 0.246 e. The molecular formula is C17H21N3O. The van der Waals surface area contributed by atoms with Crippen molar-refractivity contribution >= 4 is 16.8 Å². The minimum absolute atomic E-state index is 0.0730. The molecule has 4 heteroatoms. The summed E-state index contributed by atoms with van der Waals surface area (Å²) in [5, 5.41) is 7.43. The molecule has 1 aliphatic rings. The Kier molecular flexibility index (Phi) is 4.06. The minimum atomic E-state index is 0.0730. The Labute approximate surface area is 124 Å². The number of amides is 1. The van der Waals surface area contributed by atoms with Gasteiger partial charge in [-0.05, 0) is 36.4 Å². The van der Waals surface area contributed by atoms with E-state index in [0.29, 0.717) is 6.54 Å². The number of nitrogens with one attached hydrogen (secondary N) is 2. The first-order chi connectivity index (χ1) is 10.3. The lowest BCUT2D eigenvalue weighted by Gasteiger charge is -2.21. The number of aryl methyl sites for hydroxylation is 1. The summed E-state index contributed by atoms with van der Waals surface area (Å²) in [6, 6.07) is 10.5. The highest BCUT2D eigenvalue weighted by molar-refractivity contribution is 5.93. The number of carbonyl (C=O) groups excluding carboxylic acids is 1. The van der Waals surface area contributed by atoms with Crippen LogP contribution in [0.2, 0.25) is 0 Å². The highest BCUT2D eigenvalue weighted by atomic mass is 16.1. The molecule has 110 valence electrons. The molecule has 0 aliphatic carbocycles. The maximum atomic E-state index is 11.9. The third kappa shape index (κ3) is 3.00. The zero-order chi connectivity index (χ0) is 14.7.